The van der Waals surface area contributed by atoms with Crippen LogP contribution in [0.1, 0.15) is 36.4 Å². The van der Waals surface area contributed by atoms with E-state index < -0.39 is 0 Å². The number of hydrogen-bond acceptors (Lipinski definition) is 7. The lowest BCUT2D eigenvalue weighted by atomic mass is 9.96. The number of nitrogens with zero attached hydrogens (tertiary/aromatic N) is 3. The smallest absolute Gasteiger partial charge is 0.269 e. The van der Waals surface area contributed by atoms with Gasteiger partial charge in [0.1, 0.15) is 5.71 Å². The summed E-state index contributed by atoms with van der Waals surface area (Å²) in [4.78, 5) is 24.9. The van der Waals surface area contributed by atoms with Crippen molar-refractivity contribution in [3.63, 3.8) is 0 Å². The van der Waals surface area contributed by atoms with E-state index in [4.69, 9.17) is 9.57 Å². The lowest BCUT2D eigenvalue weighted by Gasteiger charge is -2.21. The third kappa shape index (κ3) is 3.86. The zero-order valence-electron chi connectivity index (χ0n) is 14.5. The number of likely N-dealkylation sites (tertiary alicyclic amines) is 1. The van der Waals surface area contributed by atoms with E-state index in [1.165, 1.54) is 0 Å². The molecule has 3 aliphatic rings. The molecule has 7 nitrogen and oxygen atoms in total. The molecule has 4 heterocycles. The van der Waals surface area contributed by atoms with Gasteiger partial charge in [0.05, 0.1) is 16.8 Å². The quantitative estimate of drug-likeness (QED) is 0.856. The zero-order chi connectivity index (χ0) is 17.3. The summed E-state index contributed by atoms with van der Waals surface area (Å²) in [6.07, 6.45) is 3.70. The fourth-order valence-corrected chi connectivity index (χ4v) is 4.35. The molecular formula is C17H24N4O3S. The monoisotopic (exact) mass is 364 g/mol. The van der Waals surface area contributed by atoms with E-state index in [0.717, 1.165) is 56.2 Å². The van der Waals surface area contributed by atoms with Crippen LogP contribution in [0.5, 0.6) is 0 Å². The summed E-state index contributed by atoms with van der Waals surface area (Å²) >= 11 is 1.68. The third-order valence-corrected chi connectivity index (χ3v) is 5.89. The Morgan fingerprint density at radius 3 is 3.24 bits per heavy atom. The number of carbonyl (C=O) groups excluding carboxylic acids is 1. The van der Waals surface area contributed by atoms with E-state index in [9.17, 15) is 4.79 Å². The fraction of sp³-hybridized carbons (Fsp3) is 0.706. The molecule has 1 amide bonds. The number of ether oxygens (including phenoxy) is 1. The van der Waals surface area contributed by atoms with Gasteiger partial charge in [0, 0.05) is 51.0 Å². The SMILES string of the molecule is Cc1nc(CN2CC[C@]3(CC(C(=O)NC[C@H]4CCCO4)=NO3)C2)cs1. The average Bonchev–Trinajstić information content (AvgIpc) is 3.37. The molecule has 136 valence electrons. The van der Waals surface area contributed by atoms with Gasteiger partial charge in [0.2, 0.25) is 0 Å². The van der Waals surface area contributed by atoms with Crippen molar-refractivity contribution in [3.8, 4) is 0 Å². The minimum atomic E-state index is -0.346. The lowest BCUT2D eigenvalue weighted by Crippen LogP contribution is -2.39. The molecule has 8 heteroatoms. The number of rotatable bonds is 5. The zero-order valence-corrected chi connectivity index (χ0v) is 15.3. The highest BCUT2D eigenvalue weighted by atomic mass is 32.1. The highest BCUT2D eigenvalue weighted by Gasteiger charge is 2.46. The van der Waals surface area contributed by atoms with Crippen molar-refractivity contribution in [1.29, 1.82) is 0 Å². The summed E-state index contributed by atoms with van der Waals surface area (Å²) in [6.45, 7) is 5.93. The molecule has 0 aliphatic carbocycles. The molecule has 1 aromatic heterocycles. The first-order valence-corrected chi connectivity index (χ1v) is 9.78. The Labute approximate surface area is 151 Å². The molecule has 0 radical (unpaired) electrons. The number of oxime groups is 1. The summed E-state index contributed by atoms with van der Waals surface area (Å²) in [5.74, 6) is -0.124. The Kier molecular flexibility index (Phi) is 4.75. The third-order valence-electron chi connectivity index (χ3n) is 5.06. The van der Waals surface area contributed by atoms with Gasteiger partial charge < -0.3 is 14.9 Å². The molecule has 0 bridgehead atoms. The first-order valence-electron chi connectivity index (χ1n) is 8.90. The molecule has 2 fully saturated rings. The van der Waals surface area contributed by atoms with Gasteiger partial charge in [-0.15, -0.1) is 11.3 Å². The van der Waals surface area contributed by atoms with Crippen LogP contribution < -0.4 is 5.32 Å². The van der Waals surface area contributed by atoms with E-state index in [2.05, 4.69) is 25.7 Å². The number of aromatic nitrogens is 1. The van der Waals surface area contributed by atoms with Gasteiger partial charge in [-0.05, 0) is 19.8 Å². The van der Waals surface area contributed by atoms with Crippen molar-refractivity contribution < 1.29 is 14.4 Å². The topological polar surface area (TPSA) is 76.1 Å². The minimum absolute atomic E-state index is 0.124. The Morgan fingerprint density at radius 2 is 2.48 bits per heavy atom. The van der Waals surface area contributed by atoms with Crippen LogP contribution in [0.3, 0.4) is 0 Å². The Bertz CT molecular complexity index is 671. The maximum absolute atomic E-state index is 12.3. The highest BCUT2D eigenvalue weighted by molar-refractivity contribution is 7.09. The highest BCUT2D eigenvalue weighted by Crippen LogP contribution is 2.34. The van der Waals surface area contributed by atoms with E-state index in [1.54, 1.807) is 11.3 Å². The van der Waals surface area contributed by atoms with E-state index in [0.29, 0.717) is 18.7 Å². The van der Waals surface area contributed by atoms with E-state index >= 15 is 0 Å². The van der Waals surface area contributed by atoms with Crippen LogP contribution in [0.15, 0.2) is 10.5 Å². The molecule has 2 atom stereocenters. The molecular weight excluding hydrogens is 340 g/mol. The van der Waals surface area contributed by atoms with Gasteiger partial charge in [-0.3, -0.25) is 9.69 Å². The van der Waals surface area contributed by atoms with Gasteiger partial charge in [0.15, 0.2) is 5.60 Å². The van der Waals surface area contributed by atoms with Crippen LogP contribution in [0.4, 0.5) is 0 Å². The van der Waals surface area contributed by atoms with Crippen LogP contribution >= 0.6 is 11.3 Å². The maximum Gasteiger partial charge on any atom is 0.269 e. The largest absolute Gasteiger partial charge is 0.387 e. The molecule has 1 spiro atoms. The molecule has 4 rings (SSSR count). The molecule has 0 aromatic carbocycles. The summed E-state index contributed by atoms with van der Waals surface area (Å²) < 4.78 is 5.53. The molecule has 3 aliphatic heterocycles. The number of amides is 1. The van der Waals surface area contributed by atoms with Crippen molar-refractivity contribution in [2.75, 3.05) is 26.2 Å². The van der Waals surface area contributed by atoms with Crippen molar-refractivity contribution in [3.05, 3.63) is 16.1 Å². The number of thiazole rings is 1. The number of hydrogen-bond donors (Lipinski definition) is 1. The predicted octanol–water partition coefficient (Wildman–Crippen LogP) is 1.47. The molecule has 2 saturated heterocycles. The lowest BCUT2D eigenvalue weighted by molar-refractivity contribution is -0.115. The second kappa shape index (κ2) is 7.01. The van der Waals surface area contributed by atoms with Crippen molar-refractivity contribution in [2.24, 2.45) is 5.16 Å². The van der Waals surface area contributed by atoms with Crippen LogP contribution in [0.25, 0.3) is 0 Å². The summed E-state index contributed by atoms with van der Waals surface area (Å²) in [5.41, 5.74) is 1.26. The first kappa shape index (κ1) is 16.9. The van der Waals surface area contributed by atoms with Gasteiger partial charge in [0.25, 0.3) is 5.91 Å². The molecule has 25 heavy (non-hydrogen) atoms. The van der Waals surface area contributed by atoms with Gasteiger partial charge in [-0.25, -0.2) is 4.98 Å². The molecule has 0 saturated carbocycles. The van der Waals surface area contributed by atoms with Gasteiger partial charge >= 0.3 is 0 Å². The average molecular weight is 364 g/mol. The Hall–Kier alpha value is -1.51. The van der Waals surface area contributed by atoms with E-state index in [-0.39, 0.29) is 17.6 Å². The van der Waals surface area contributed by atoms with Crippen molar-refractivity contribution >= 4 is 23.0 Å². The van der Waals surface area contributed by atoms with Crippen LogP contribution in [-0.4, -0.2) is 59.4 Å². The summed E-state index contributed by atoms with van der Waals surface area (Å²) in [5, 5.41) is 10.2. The van der Waals surface area contributed by atoms with Crippen LogP contribution in [0, 0.1) is 6.92 Å². The van der Waals surface area contributed by atoms with E-state index in [1.807, 2.05) is 6.92 Å². The van der Waals surface area contributed by atoms with Crippen molar-refractivity contribution in [1.82, 2.24) is 15.2 Å². The summed E-state index contributed by atoms with van der Waals surface area (Å²) in [7, 11) is 0. The van der Waals surface area contributed by atoms with Crippen LogP contribution in [-0.2, 0) is 20.9 Å². The first-order chi connectivity index (χ1) is 12.1. The normalized spacial score (nSPS) is 29.2. The number of aryl methyl sites for hydroxylation is 1. The Balaban J connectivity index is 1.26. The predicted molar refractivity (Wildman–Crippen MR) is 94.6 cm³/mol. The number of carbonyl (C=O) groups is 1. The molecule has 0 unspecified atom stereocenters. The van der Waals surface area contributed by atoms with Crippen molar-refractivity contribution in [2.45, 2.75) is 50.9 Å². The molecule has 1 aromatic rings. The summed E-state index contributed by atoms with van der Waals surface area (Å²) in [6, 6.07) is 0. The van der Waals surface area contributed by atoms with Gasteiger partial charge in [-0.1, -0.05) is 5.16 Å². The van der Waals surface area contributed by atoms with Gasteiger partial charge in [-0.2, -0.15) is 0 Å². The second-order valence-electron chi connectivity index (χ2n) is 7.15. The minimum Gasteiger partial charge on any atom is -0.387 e. The van der Waals surface area contributed by atoms with Crippen LogP contribution in [0.2, 0.25) is 0 Å². The molecule has 1 N–H and O–H groups in total. The standard InChI is InChI=1S/C17H24N4O3S/c1-12-19-13(10-25-12)9-21-5-4-17(11-21)7-15(20-24-17)16(22)18-8-14-3-2-6-23-14/h10,14H,2-9,11H2,1H3,(H,18,22)/t14-,17+/m1/s1. The number of nitrogens with one attached hydrogen (secondary N) is 1. The Morgan fingerprint density at radius 1 is 1.56 bits per heavy atom. The maximum atomic E-state index is 12.3. The fourth-order valence-electron chi connectivity index (χ4n) is 3.75. The second-order valence-corrected chi connectivity index (χ2v) is 8.21.